The maximum Gasteiger partial charge on any atom is 0.0349 e. The number of benzene rings is 1. The molecule has 0 amide bonds. The lowest BCUT2D eigenvalue weighted by Crippen LogP contribution is -2.21. The van der Waals surface area contributed by atoms with Crippen molar-refractivity contribution >= 4 is 21.4 Å². The van der Waals surface area contributed by atoms with Gasteiger partial charge in [0.2, 0.25) is 0 Å². The second-order valence-corrected chi connectivity index (χ2v) is 8.18. The lowest BCUT2D eigenvalue weighted by atomic mass is 9.96. The Kier molecular flexibility index (Phi) is 5.45. The Morgan fingerprint density at radius 3 is 2.33 bits per heavy atom. The van der Waals surface area contributed by atoms with Crippen molar-refractivity contribution in [3.8, 4) is 0 Å². The van der Waals surface area contributed by atoms with Gasteiger partial charge in [-0.25, -0.2) is 0 Å². The van der Waals surface area contributed by atoms with Gasteiger partial charge in [-0.05, 0) is 46.9 Å². The maximum absolute atomic E-state index is 3.58. The smallest absolute Gasteiger partial charge is 0.0349 e. The molecule has 0 aliphatic heterocycles. The summed E-state index contributed by atoms with van der Waals surface area (Å²) in [6, 6.07) is 7.57. The van der Waals surface area contributed by atoms with Crippen LogP contribution in [-0.4, -0.2) is 6.04 Å². The Morgan fingerprint density at radius 1 is 1.05 bits per heavy atom. The Hall–Kier alpha value is -0.860. The van der Waals surface area contributed by atoms with Crippen molar-refractivity contribution in [3.63, 3.8) is 0 Å². The zero-order valence-electron chi connectivity index (χ0n) is 14.3. The molecule has 0 saturated heterocycles. The molecule has 0 radical (unpaired) electrons. The summed E-state index contributed by atoms with van der Waals surface area (Å²) in [5.74, 6) is 1.29. The fourth-order valence-electron chi connectivity index (χ4n) is 2.65. The molecule has 21 heavy (non-hydrogen) atoms. The third kappa shape index (κ3) is 4.08. The van der Waals surface area contributed by atoms with Gasteiger partial charge in [0.15, 0.2) is 0 Å². The molecule has 0 aliphatic carbocycles. The summed E-state index contributed by atoms with van der Waals surface area (Å²) in [6.45, 7) is 14.6. The van der Waals surface area contributed by atoms with Gasteiger partial charge in [0.1, 0.15) is 0 Å². The topological polar surface area (TPSA) is 12.0 Å². The minimum atomic E-state index is 0.535. The Morgan fingerprint density at radius 2 is 1.76 bits per heavy atom. The van der Waals surface area contributed by atoms with Crippen molar-refractivity contribution in [1.29, 1.82) is 0 Å². The highest BCUT2D eigenvalue weighted by Gasteiger charge is 2.14. The SMILES string of the molecule is CC(C)Cc1c(CNC(C)C)sc2ccc(C(C)C)cc12. The Bertz CT molecular complexity index is 593. The number of thiophene rings is 1. The lowest BCUT2D eigenvalue weighted by molar-refractivity contribution is 0.585. The van der Waals surface area contributed by atoms with Crippen molar-refractivity contribution in [2.75, 3.05) is 0 Å². The monoisotopic (exact) mass is 303 g/mol. The quantitative estimate of drug-likeness (QED) is 0.719. The number of rotatable bonds is 6. The predicted octanol–water partition coefficient (Wildman–Crippen LogP) is 5.72. The van der Waals surface area contributed by atoms with E-state index in [-0.39, 0.29) is 0 Å². The molecule has 116 valence electrons. The first-order valence-electron chi connectivity index (χ1n) is 8.16. The van der Waals surface area contributed by atoms with Crippen LogP contribution >= 0.6 is 11.3 Å². The zero-order chi connectivity index (χ0) is 15.6. The molecule has 0 unspecified atom stereocenters. The van der Waals surface area contributed by atoms with Crippen LogP contribution in [0, 0.1) is 5.92 Å². The first kappa shape index (κ1) is 16.5. The highest BCUT2D eigenvalue weighted by molar-refractivity contribution is 7.19. The van der Waals surface area contributed by atoms with Gasteiger partial charge in [-0.3, -0.25) is 0 Å². The van der Waals surface area contributed by atoms with Crippen molar-refractivity contribution in [3.05, 3.63) is 34.2 Å². The molecule has 1 aromatic carbocycles. The molecule has 1 nitrogen and oxygen atoms in total. The predicted molar refractivity (Wildman–Crippen MR) is 96.4 cm³/mol. The molecule has 2 aromatic rings. The standard InChI is InChI=1S/C19H29NS/c1-12(2)9-16-17-10-15(13(3)4)7-8-18(17)21-19(16)11-20-14(5)6/h7-8,10,12-14,20H,9,11H2,1-6H3. The van der Waals surface area contributed by atoms with Crippen LogP contribution in [0.1, 0.15) is 63.5 Å². The van der Waals surface area contributed by atoms with E-state index < -0.39 is 0 Å². The van der Waals surface area contributed by atoms with Gasteiger partial charge in [-0.15, -0.1) is 11.3 Å². The second kappa shape index (κ2) is 6.93. The van der Waals surface area contributed by atoms with Gasteiger partial charge >= 0.3 is 0 Å². The summed E-state index contributed by atoms with van der Waals surface area (Å²) in [6.07, 6.45) is 1.18. The highest BCUT2D eigenvalue weighted by atomic mass is 32.1. The van der Waals surface area contributed by atoms with Gasteiger partial charge in [0.25, 0.3) is 0 Å². The molecule has 0 atom stereocenters. The van der Waals surface area contributed by atoms with E-state index in [1.54, 1.807) is 5.56 Å². The third-order valence-electron chi connectivity index (χ3n) is 3.85. The molecule has 0 aliphatic rings. The van der Waals surface area contributed by atoms with E-state index in [0.29, 0.717) is 17.9 Å². The van der Waals surface area contributed by atoms with Crippen molar-refractivity contribution in [1.82, 2.24) is 5.32 Å². The molecule has 1 N–H and O–H groups in total. The van der Waals surface area contributed by atoms with E-state index in [4.69, 9.17) is 0 Å². The lowest BCUT2D eigenvalue weighted by Gasteiger charge is -2.11. The van der Waals surface area contributed by atoms with E-state index in [0.717, 1.165) is 6.54 Å². The summed E-state index contributed by atoms with van der Waals surface area (Å²) in [4.78, 5) is 1.52. The van der Waals surface area contributed by atoms with Crippen molar-refractivity contribution in [2.45, 2.75) is 66.5 Å². The third-order valence-corrected chi connectivity index (χ3v) is 5.06. The fourth-order valence-corrected chi connectivity index (χ4v) is 3.81. The first-order valence-corrected chi connectivity index (χ1v) is 8.97. The Labute approximate surface area is 133 Å². The largest absolute Gasteiger partial charge is 0.310 e. The summed E-state index contributed by atoms with van der Waals surface area (Å²) in [7, 11) is 0. The molecule has 0 spiro atoms. The number of hydrogen-bond acceptors (Lipinski definition) is 2. The van der Waals surface area contributed by atoms with Crippen LogP contribution in [0.25, 0.3) is 10.1 Å². The summed E-state index contributed by atoms with van der Waals surface area (Å²) in [5.41, 5.74) is 3.02. The number of hydrogen-bond donors (Lipinski definition) is 1. The van der Waals surface area contributed by atoms with Crippen LogP contribution in [0.3, 0.4) is 0 Å². The van der Waals surface area contributed by atoms with E-state index in [2.05, 4.69) is 65.1 Å². The van der Waals surface area contributed by atoms with Crippen LogP contribution in [0.5, 0.6) is 0 Å². The average molecular weight is 304 g/mol. The summed E-state index contributed by atoms with van der Waals surface area (Å²) >= 11 is 1.97. The summed E-state index contributed by atoms with van der Waals surface area (Å²) < 4.78 is 1.44. The van der Waals surface area contributed by atoms with E-state index >= 15 is 0 Å². The molecular formula is C19H29NS. The second-order valence-electron chi connectivity index (χ2n) is 7.05. The molecule has 0 saturated carbocycles. The molecular weight excluding hydrogens is 274 g/mol. The fraction of sp³-hybridized carbons (Fsp3) is 0.579. The van der Waals surface area contributed by atoms with Crippen LogP contribution in [-0.2, 0) is 13.0 Å². The minimum Gasteiger partial charge on any atom is -0.310 e. The highest BCUT2D eigenvalue weighted by Crippen LogP contribution is 2.35. The summed E-state index contributed by atoms with van der Waals surface area (Å²) in [5, 5.41) is 5.07. The molecule has 1 aromatic heterocycles. The van der Waals surface area contributed by atoms with Crippen LogP contribution in [0.15, 0.2) is 18.2 Å². The van der Waals surface area contributed by atoms with Crippen molar-refractivity contribution < 1.29 is 0 Å². The Balaban J connectivity index is 2.46. The minimum absolute atomic E-state index is 0.535. The van der Waals surface area contributed by atoms with Gasteiger partial charge in [-0.2, -0.15) is 0 Å². The van der Waals surface area contributed by atoms with Crippen molar-refractivity contribution in [2.24, 2.45) is 5.92 Å². The molecule has 0 bridgehead atoms. The van der Waals surface area contributed by atoms with E-state index in [1.807, 2.05) is 11.3 Å². The van der Waals surface area contributed by atoms with Gasteiger partial charge in [0.05, 0.1) is 0 Å². The normalized spacial score (nSPS) is 12.2. The molecule has 2 rings (SSSR count). The zero-order valence-corrected chi connectivity index (χ0v) is 15.1. The number of nitrogens with one attached hydrogen (secondary N) is 1. The van der Waals surface area contributed by atoms with Crippen LogP contribution < -0.4 is 5.32 Å². The molecule has 0 fully saturated rings. The van der Waals surface area contributed by atoms with Gasteiger partial charge < -0.3 is 5.32 Å². The molecule has 1 heterocycles. The van der Waals surface area contributed by atoms with Crippen LogP contribution in [0.2, 0.25) is 0 Å². The van der Waals surface area contributed by atoms with Crippen LogP contribution in [0.4, 0.5) is 0 Å². The number of fused-ring (bicyclic) bond motifs is 1. The van der Waals surface area contributed by atoms with E-state index in [1.165, 1.54) is 26.9 Å². The van der Waals surface area contributed by atoms with Gasteiger partial charge in [-0.1, -0.05) is 47.6 Å². The first-order chi connectivity index (χ1) is 9.88. The average Bonchev–Trinajstić information content (AvgIpc) is 2.73. The maximum atomic E-state index is 3.58. The van der Waals surface area contributed by atoms with Gasteiger partial charge in [0, 0.05) is 22.2 Å². The molecule has 2 heteroatoms. The van der Waals surface area contributed by atoms with E-state index in [9.17, 15) is 0 Å².